The first-order chi connectivity index (χ1) is 13.9. The van der Waals surface area contributed by atoms with E-state index in [1.807, 2.05) is 0 Å². The Morgan fingerprint density at radius 3 is 2.50 bits per heavy atom. The molecule has 1 aliphatic heterocycles. The van der Waals surface area contributed by atoms with E-state index in [0.717, 1.165) is 0 Å². The lowest BCUT2D eigenvalue weighted by molar-refractivity contribution is -0.141. The number of rotatable bonds is 4. The van der Waals surface area contributed by atoms with E-state index in [0.29, 0.717) is 24.6 Å². The molecule has 162 valence electrons. The Labute approximate surface area is 191 Å². The fraction of sp³-hybridized carbons (Fsp3) is 0.278. The van der Waals surface area contributed by atoms with Crippen molar-refractivity contribution in [2.45, 2.75) is 23.0 Å². The smallest absolute Gasteiger partial charge is 0.419 e. The molecule has 3 rings (SSSR count). The lowest BCUT2D eigenvalue weighted by atomic mass is 9.91. The zero-order chi connectivity index (χ0) is 22.4. The highest BCUT2D eigenvalue weighted by Gasteiger charge is 2.48. The lowest BCUT2D eigenvalue weighted by Crippen LogP contribution is -2.45. The van der Waals surface area contributed by atoms with E-state index in [1.165, 1.54) is 18.2 Å². The molecule has 30 heavy (non-hydrogen) atoms. The Balaban J connectivity index is 2.01. The van der Waals surface area contributed by atoms with E-state index >= 15 is 0 Å². The average Bonchev–Trinajstić information content (AvgIpc) is 3.05. The molecule has 0 amide bonds. The molecular formula is C18H11BrCl3F4NO3. The van der Waals surface area contributed by atoms with Gasteiger partial charge in [-0.25, -0.2) is 9.18 Å². The normalized spacial score (nSPS) is 21.7. The Hall–Kier alpha value is -1.26. The van der Waals surface area contributed by atoms with Crippen LogP contribution in [0.5, 0.6) is 11.5 Å². The molecule has 1 fully saturated rings. The van der Waals surface area contributed by atoms with Gasteiger partial charge in [-0.05, 0) is 42.8 Å². The molecule has 2 aromatic rings. The molecule has 0 radical (unpaired) electrons. The maximum atomic E-state index is 14.1. The standard InChI is InChI=1S/C18H11BrCl3F4NO3/c19-17(16(28)29)9(3-4-27-17)8-5-7(1-2-11(8)20)30-15-12(21)6-10(18(24,25)26)14(23)13(15)22/h1-2,5-6,9,27H,3-4H2,(H,28,29)/t9?,17-/m0/s1. The van der Waals surface area contributed by atoms with E-state index in [9.17, 15) is 27.5 Å². The van der Waals surface area contributed by atoms with Crippen LogP contribution in [0.3, 0.4) is 0 Å². The van der Waals surface area contributed by atoms with Crippen molar-refractivity contribution in [1.82, 2.24) is 5.32 Å². The van der Waals surface area contributed by atoms with E-state index < -0.39 is 49.7 Å². The predicted molar refractivity (Wildman–Crippen MR) is 108 cm³/mol. The van der Waals surface area contributed by atoms with Crippen LogP contribution in [0.2, 0.25) is 15.1 Å². The molecule has 0 aliphatic carbocycles. The van der Waals surface area contributed by atoms with Gasteiger partial charge in [0.1, 0.15) is 10.8 Å². The summed E-state index contributed by atoms with van der Waals surface area (Å²) in [7, 11) is 0. The molecule has 0 spiro atoms. The van der Waals surface area contributed by atoms with Crippen LogP contribution in [0, 0.1) is 5.82 Å². The fourth-order valence-electron chi connectivity index (χ4n) is 3.16. The maximum Gasteiger partial charge on any atom is 0.419 e. The summed E-state index contributed by atoms with van der Waals surface area (Å²) >= 11 is 21.0. The summed E-state index contributed by atoms with van der Waals surface area (Å²) in [6.45, 7) is 0.394. The second-order valence-corrected chi connectivity index (χ2v) is 8.87. The van der Waals surface area contributed by atoms with Crippen molar-refractivity contribution >= 4 is 56.7 Å². The van der Waals surface area contributed by atoms with E-state index in [1.54, 1.807) is 0 Å². The van der Waals surface area contributed by atoms with Crippen molar-refractivity contribution in [3.63, 3.8) is 0 Å². The first-order valence-electron chi connectivity index (χ1n) is 8.25. The van der Waals surface area contributed by atoms with Crippen molar-refractivity contribution in [2.24, 2.45) is 0 Å². The minimum atomic E-state index is -4.99. The van der Waals surface area contributed by atoms with Crippen LogP contribution in [0.1, 0.15) is 23.5 Å². The number of hydrogen-bond donors (Lipinski definition) is 2. The first kappa shape index (κ1) is 23.4. The van der Waals surface area contributed by atoms with Gasteiger partial charge in [-0.3, -0.25) is 5.32 Å². The highest BCUT2D eigenvalue weighted by Crippen LogP contribution is 2.47. The van der Waals surface area contributed by atoms with Gasteiger partial charge in [0.25, 0.3) is 0 Å². The molecule has 0 saturated carbocycles. The number of benzene rings is 2. The van der Waals surface area contributed by atoms with Gasteiger partial charge >= 0.3 is 12.1 Å². The summed E-state index contributed by atoms with van der Waals surface area (Å²) in [4.78, 5) is 11.7. The fourth-order valence-corrected chi connectivity index (χ4v) is 4.62. The molecule has 4 nitrogen and oxygen atoms in total. The minimum Gasteiger partial charge on any atom is -0.479 e. The number of alkyl halides is 4. The number of ether oxygens (including phenoxy) is 1. The van der Waals surface area contributed by atoms with Crippen LogP contribution < -0.4 is 10.1 Å². The quantitative estimate of drug-likeness (QED) is 0.189. The Morgan fingerprint density at radius 1 is 1.23 bits per heavy atom. The largest absolute Gasteiger partial charge is 0.479 e. The van der Waals surface area contributed by atoms with Crippen LogP contribution in [0.25, 0.3) is 0 Å². The van der Waals surface area contributed by atoms with Crippen molar-refractivity contribution in [3.8, 4) is 11.5 Å². The second-order valence-electron chi connectivity index (χ2n) is 6.43. The van der Waals surface area contributed by atoms with Gasteiger partial charge < -0.3 is 9.84 Å². The van der Waals surface area contributed by atoms with Crippen molar-refractivity contribution in [1.29, 1.82) is 0 Å². The van der Waals surface area contributed by atoms with Gasteiger partial charge in [0.15, 0.2) is 16.0 Å². The molecule has 0 bridgehead atoms. The summed E-state index contributed by atoms with van der Waals surface area (Å²) < 4.78 is 56.8. The van der Waals surface area contributed by atoms with Gasteiger partial charge in [0.2, 0.25) is 0 Å². The molecule has 2 atom stereocenters. The molecule has 2 aromatic carbocycles. The highest BCUT2D eigenvalue weighted by molar-refractivity contribution is 9.10. The van der Waals surface area contributed by atoms with Crippen LogP contribution in [0.4, 0.5) is 17.6 Å². The number of carbonyl (C=O) groups is 1. The Bertz CT molecular complexity index is 1020. The van der Waals surface area contributed by atoms with Gasteiger partial charge in [-0.2, -0.15) is 13.2 Å². The average molecular weight is 552 g/mol. The number of nitrogens with one attached hydrogen (secondary N) is 1. The highest BCUT2D eigenvalue weighted by atomic mass is 79.9. The zero-order valence-corrected chi connectivity index (χ0v) is 18.4. The molecule has 1 saturated heterocycles. The summed E-state index contributed by atoms with van der Waals surface area (Å²) in [5.74, 6) is -3.94. The second kappa shape index (κ2) is 8.35. The predicted octanol–water partition coefficient (Wildman–Crippen LogP) is 6.85. The molecule has 1 unspecified atom stereocenters. The number of carboxylic acids is 1. The zero-order valence-electron chi connectivity index (χ0n) is 14.6. The number of halogens is 8. The molecule has 12 heteroatoms. The van der Waals surface area contributed by atoms with Gasteiger partial charge in [0, 0.05) is 10.9 Å². The summed E-state index contributed by atoms with van der Waals surface area (Å²) in [6.07, 6.45) is -4.56. The number of carboxylic acid groups (broad SMARTS) is 1. The van der Waals surface area contributed by atoms with Crippen LogP contribution in [-0.2, 0) is 11.0 Å². The van der Waals surface area contributed by atoms with E-state index in [4.69, 9.17) is 39.5 Å². The van der Waals surface area contributed by atoms with E-state index in [-0.39, 0.29) is 10.8 Å². The van der Waals surface area contributed by atoms with Crippen LogP contribution in [0.15, 0.2) is 24.3 Å². The van der Waals surface area contributed by atoms with Gasteiger partial charge in [-0.15, -0.1) is 0 Å². The summed E-state index contributed by atoms with van der Waals surface area (Å²) in [5, 5.41) is 11.1. The third kappa shape index (κ3) is 4.23. The Morgan fingerprint density at radius 2 is 1.90 bits per heavy atom. The van der Waals surface area contributed by atoms with E-state index in [2.05, 4.69) is 21.2 Å². The molecular weight excluding hydrogens is 540 g/mol. The Kier molecular flexibility index (Phi) is 6.51. The van der Waals surface area contributed by atoms with Crippen molar-refractivity contribution in [3.05, 3.63) is 56.3 Å². The van der Waals surface area contributed by atoms with Crippen molar-refractivity contribution < 1.29 is 32.2 Å². The monoisotopic (exact) mass is 549 g/mol. The molecule has 1 heterocycles. The molecule has 1 aliphatic rings. The summed E-state index contributed by atoms with van der Waals surface area (Å²) in [6, 6.07) is 4.57. The third-order valence-corrected chi connectivity index (χ3v) is 6.73. The first-order valence-corrected chi connectivity index (χ1v) is 10.2. The third-order valence-electron chi connectivity index (χ3n) is 4.59. The van der Waals surface area contributed by atoms with Gasteiger partial charge in [0.05, 0.1) is 10.6 Å². The minimum absolute atomic E-state index is 0.0319. The topological polar surface area (TPSA) is 58.6 Å². The summed E-state index contributed by atoms with van der Waals surface area (Å²) in [5.41, 5.74) is -1.22. The maximum absolute atomic E-state index is 14.1. The number of aliphatic carboxylic acids is 1. The lowest BCUT2D eigenvalue weighted by Gasteiger charge is -2.26. The number of hydrogen-bond acceptors (Lipinski definition) is 3. The molecule has 2 N–H and O–H groups in total. The van der Waals surface area contributed by atoms with Crippen molar-refractivity contribution in [2.75, 3.05) is 6.54 Å². The molecule has 0 aromatic heterocycles. The van der Waals surface area contributed by atoms with Crippen LogP contribution in [-0.4, -0.2) is 22.1 Å². The van der Waals surface area contributed by atoms with Gasteiger partial charge in [-0.1, -0.05) is 50.7 Å². The SMILES string of the molecule is O=C(O)[C@@]1(Br)NCCC1c1cc(Oc2c(Cl)cc(C(F)(F)F)c(F)c2Cl)ccc1Cl. The van der Waals surface area contributed by atoms with Crippen LogP contribution >= 0.6 is 50.7 Å².